The molecule has 2 aromatic carbocycles. The summed E-state index contributed by atoms with van der Waals surface area (Å²) in [6, 6.07) is 11.3. The van der Waals surface area contributed by atoms with Gasteiger partial charge in [0.15, 0.2) is 16.6 Å². The van der Waals surface area contributed by atoms with E-state index in [4.69, 9.17) is 38.0 Å². The van der Waals surface area contributed by atoms with Crippen LogP contribution in [0.3, 0.4) is 0 Å². The van der Waals surface area contributed by atoms with Crippen molar-refractivity contribution in [3.8, 4) is 17.2 Å². The molecule has 5 nitrogen and oxygen atoms in total. The van der Waals surface area contributed by atoms with Crippen molar-refractivity contribution in [3.63, 3.8) is 0 Å². The molecule has 0 radical (unpaired) electrons. The second-order valence-electron chi connectivity index (χ2n) is 5.52. The Morgan fingerprint density at radius 1 is 1.00 bits per heavy atom. The Morgan fingerprint density at radius 3 is 2.23 bits per heavy atom. The van der Waals surface area contributed by atoms with Crippen molar-refractivity contribution in [2.45, 2.75) is 19.4 Å². The van der Waals surface area contributed by atoms with Crippen molar-refractivity contribution in [1.82, 2.24) is 5.32 Å². The van der Waals surface area contributed by atoms with Crippen molar-refractivity contribution >= 4 is 34.6 Å². The largest absolute Gasteiger partial charge is 0.495 e. The molecule has 0 aromatic heterocycles. The highest BCUT2D eigenvalue weighted by molar-refractivity contribution is 7.80. The molecule has 0 amide bonds. The molecule has 0 aliphatic carbocycles. The molecule has 0 bridgehead atoms. The minimum Gasteiger partial charge on any atom is -0.495 e. The number of thiocarbonyl (C=S) groups is 1. The zero-order valence-corrected chi connectivity index (χ0v) is 16.8. The van der Waals surface area contributed by atoms with Gasteiger partial charge in [0.25, 0.3) is 0 Å². The fraction of sp³-hybridized carbons (Fsp3) is 0.316. The summed E-state index contributed by atoms with van der Waals surface area (Å²) in [7, 11) is 4.82. The van der Waals surface area contributed by atoms with E-state index < -0.39 is 0 Å². The van der Waals surface area contributed by atoms with E-state index in [2.05, 4.69) is 17.6 Å². The number of nitrogens with one attached hydrogen (secondary N) is 2. The van der Waals surface area contributed by atoms with Gasteiger partial charge in [-0.2, -0.15) is 0 Å². The van der Waals surface area contributed by atoms with Gasteiger partial charge in [-0.05, 0) is 54.5 Å². The first-order valence-electron chi connectivity index (χ1n) is 8.15. The molecule has 0 unspecified atom stereocenters. The summed E-state index contributed by atoms with van der Waals surface area (Å²) in [6.07, 6.45) is 0.848. The Labute approximate surface area is 164 Å². The second-order valence-corrected chi connectivity index (χ2v) is 6.34. The first-order valence-corrected chi connectivity index (χ1v) is 8.94. The van der Waals surface area contributed by atoms with Gasteiger partial charge in [0.1, 0.15) is 5.75 Å². The van der Waals surface area contributed by atoms with E-state index in [0.717, 1.165) is 17.7 Å². The molecule has 0 heterocycles. The van der Waals surface area contributed by atoms with Gasteiger partial charge in [-0.3, -0.25) is 0 Å². The van der Waals surface area contributed by atoms with Gasteiger partial charge in [0.05, 0.1) is 32.4 Å². The number of rotatable bonds is 7. The first-order chi connectivity index (χ1) is 12.5. The van der Waals surface area contributed by atoms with E-state index >= 15 is 0 Å². The summed E-state index contributed by atoms with van der Waals surface area (Å²) >= 11 is 11.6. The average molecular weight is 395 g/mol. The quantitative estimate of drug-likeness (QED) is 0.657. The molecule has 0 spiro atoms. The van der Waals surface area contributed by atoms with Crippen LogP contribution in [0.4, 0.5) is 5.69 Å². The molecule has 140 valence electrons. The molecule has 1 atom stereocenters. The van der Waals surface area contributed by atoms with E-state index in [-0.39, 0.29) is 6.04 Å². The zero-order valence-electron chi connectivity index (χ0n) is 15.3. The molecule has 0 aliphatic heterocycles. The van der Waals surface area contributed by atoms with Gasteiger partial charge in [-0.1, -0.05) is 24.6 Å². The van der Waals surface area contributed by atoms with Gasteiger partial charge in [-0.25, -0.2) is 0 Å². The number of hydrogen-bond donors (Lipinski definition) is 2. The summed E-state index contributed by atoms with van der Waals surface area (Å²) < 4.78 is 15.8. The molecular weight excluding hydrogens is 372 g/mol. The van der Waals surface area contributed by atoms with Crippen LogP contribution in [-0.2, 0) is 0 Å². The molecule has 7 heteroatoms. The summed E-state index contributed by atoms with van der Waals surface area (Å²) in [5.41, 5.74) is 1.84. The number of halogens is 1. The third kappa shape index (κ3) is 4.93. The molecule has 0 saturated carbocycles. The lowest BCUT2D eigenvalue weighted by Gasteiger charge is -2.21. The van der Waals surface area contributed by atoms with Crippen molar-refractivity contribution < 1.29 is 14.2 Å². The number of hydrogen-bond acceptors (Lipinski definition) is 4. The van der Waals surface area contributed by atoms with Crippen LogP contribution in [-0.4, -0.2) is 26.4 Å². The van der Waals surface area contributed by atoms with Crippen LogP contribution in [0.15, 0.2) is 36.4 Å². The first kappa shape index (κ1) is 20.1. The number of methoxy groups -OCH3 is 3. The fourth-order valence-corrected chi connectivity index (χ4v) is 3.08. The fourth-order valence-electron chi connectivity index (χ4n) is 2.56. The molecule has 2 rings (SSSR count). The van der Waals surface area contributed by atoms with Gasteiger partial charge in [0, 0.05) is 5.69 Å². The summed E-state index contributed by atoms with van der Waals surface area (Å²) in [5.74, 6) is 2.00. The van der Waals surface area contributed by atoms with E-state index in [1.54, 1.807) is 33.5 Å². The highest BCUT2D eigenvalue weighted by atomic mass is 35.5. The van der Waals surface area contributed by atoms with E-state index in [1.165, 1.54) is 0 Å². The topological polar surface area (TPSA) is 51.8 Å². The maximum absolute atomic E-state index is 6.15. The SMILES string of the molecule is CC[C@H](NC(=S)Nc1ccc(OC)c(Cl)c1)c1ccc(OC)c(OC)c1. The lowest BCUT2D eigenvalue weighted by Crippen LogP contribution is -2.32. The zero-order chi connectivity index (χ0) is 19.1. The lowest BCUT2D eigenvalue weighted by atomic mass is 10.0. The second kappa shape index (κ2) is 9.50. The monoisotopic (exact) mass is 394 g/mol. The Morgan fingerprint density at radius 2 is 1.65 bits per heavy atom. The predicted molar refractivity (Wildman–Crippen MR) is 110 cm³/mol. The third-order valence-electron chi connectivity index (χ3n) is 3.93. The van der Waals surface area contributed by atoms with Crippen LogP contribution >= 0.6 is 23.8 Å². The smallest absolute Gasteiger partial charge is 0.171 e. The van der Waals surface area contributed by atoms with Crippen LogP contribution in [0.5, 0.6) is 17.2 Å². The molecule has 0 saturated heterocycles. The molecule has 0 aliphatic rings. The van der Waals surface area contributed by atoms with Crippen molar-refractivity contribution in [1.29, 1.82) is 0 Å². The van der Waals surface area contributed by atoms with Crippen LogP contribution in [0.2, 0.25) is 5.02 Å². The maximum atomic E-state index is 6.15. The Kier molecular flexibility index (Phi) is 7.36. The summed E-state index contributed by atoms with van der Waals surface area (Å²) in [6.45, 7) is 2.08. The number of anilines is 1. The van der Waals surface area contributed by atoms with E-state index in [9.17, 15) is 0 Å². The van der Waals surface area contributed by atoms with Gasteiger partial charge in [-0.15, -0.1) is 0 Å². The van der Waals surface area contributed by atoms with E-state index in [1.807, 2.05) is 24.3 Å². The minimum atomic E-state index is 0.0310. The van der Waals surface area contributed by atoms with Gasteiger partial charge in [0.2, 0.25) is 0 Å². The average Bonchev–Trinajstić information content (AvgIpc) is 2.65. The highest BCUT2D eigenvalue weighted by Gasteiger charge is 2.14. The number of ether oxygens (including phenoxy) is 3. The third-order valence-corrected chi connectivity index (χ3v) is 4.45. The van der Waals surface area contributed by atoms with Crippen molar-refractivity contribution in [2.75, 3.05) is 26.6 Å². The van der Waals surface area contributed by atoms with Crippen molar-refractivity contribution in [2.24, 2.45) is 0 Å². The van der Waals surface area contributed by atoms with Gasteiger partial charge >= 0.3 is 0 Å². The standard InChI is InChI=1S/C19H23ClN2O3S/c1-5-15(12-6-8-17(24-3)18(10-12)25-4)22-19(26)21-13-7-9-16(23-2)14(20)11-13/h6-11,15H,5H2,1-4H3,(H2,21,22,26)/t15-/m0/s1. The van der Waals surface area contributed by atoms with Crippen LogP contribution in [0, 0.1) is 0 Å². The van der Waals surface area contributed by atoms with Crippen LogP contribution in [0.1, 0.15) is 24.9 Å². The summed E-state index contributed by atoms with van der Waals surface area (Å²) in [5, 5.41) is 7.49. The Bertz CT molecular complexity index is 770. The molecule has 0 fully saturated rings. The highest BCUT2D eigenvalue weighted by Crippen LogP contribution is 2.31. The maximum Gasteiger partial charge on any atom is 0.171 e. The molecular formula is C19H23ClN2O3S. The molecule has 2 N–H and O–H groups in total. The minimum absolute atomic E-state index is 0.0310. The van der Waals surface area contributed by atoms with Crippen LogP contribution in [0.25, 0.3) is 0 Å². The van der Waals surface area contributed by atoms with Gasteiger partial charge < -0.3 is 24.8 Å². The number of benzene rings is 2. The van der Waals surface area contributed by atoms with E-state index in [0.29, 0.717) is 27.4 Å². The summed E-state index contributed by atoms with van der Waals surface area (Å²) in [4.78, 5) is 0. The Balaban J connectivity index is 2.09. The lowest BCUT2D eigenvalue weighted by molar-refractivity contribution is 0.354. The molecule has 2 aromatic rings. The normalized spacial score (nSPS) is 11.4. The predicted octanol–water partition coefficient (Wildman–Crippen LogP) is 4.80. The Hall–Kier alpha value is -2.18. The van der Waals surface area contributed by atoms with Crippen LogP contribution < -0.4 is 24.8 Å². The molecule has 26 heavy (non-hydrogen) atoms. The van der Waals surface area contributed by atoms with Crippen molar-refractivity contribution in [3.05, 3.63) is 47.0 Å².